The number of aromatic nitrogens is 1. The Hall–Kier alpha value is -3.13. The molecule has 0 saturated carbocycles. The molecule has 0 radical (unpaired) electrons. The van der Waals surface area contributed by atoms with Crippen LogP contribution >= 0.6 is 0 Å². The minimum atomic E-state index is -0.253. The van der Waals surface area contributed by atoms with Gasteiger partial charge in [0, 0.05) is 51.7 Å². The van der Waals surface area contributed by atoms with Crippen molar-refractivity contribution in [2.75, 3.05) is 40.9 Å². The van der Waals surface area contributed by atoms with Crippen LogP contribution in [0.25, 0.3) is 0 Å². The van der Waals surface area contributed by atoms with Gasteiger partial charge >= 0.3 is 0 Å². The predicted octanol–water partition coefficient (Wildman–Crippen LogP) is 1.79. The van der Waals surface area contributed by atoms with Crippen LogP contribution in [0, 0.1) is 5.92 Å². The summed E-state index contributed by atoms with van der Waals surface area (Å²) >= 11 is 0. The molecule has 1 aromatic carbocycles. The smallest absolute Gasteiger partial charge is 0.242 e. The molecule has 170 valence electrons. The highest BCUT2D eigenvalue weighted by atomic mass is 16.5. The minimum Gasteiger partial charge on any atom is -0.493 e. The molecule has 4 rings (SSSR count). The van der Waals surface area contributed by atoms with Gasteiger partial charge in [-0.05, 0) is 35.7 Å². The van der Waals surface area contributed by atoms with E-state index < -0.39 is 0 Å². The molecule has 0 unspecified atom stereocenters. The van der Waals surface area contributed by atoms with Crippen molar-refractivity contribution in [1.82, 2.24) is 19.7 Å². The maximum absolute atomic E-state index is 13.5. The minimum absolute atomic E-state index is 0.0110. The van der Waals surface area contributed by atoms with E-state index in [1.807, 2.05) is 37.4 Å². The van der Waals surface area contributed by atoms with E-state index in [1.165, 1.54) is 0 Å². The highest BCUT2D eigenvalue weighted by Crippen LogP contribution is 2.31. The van der Waals surface area contributed by atoms with Gasteiger partial charge in [0.2, 0.25) is 11.8 Å². The van der Waals surface area contributed by atoms with E-state index in [0.29, 0.717) is 31.1 Å². The Bertz CT molecular complexity index is 968. The second-order valence-electron chi connectivity index (χ2n) is 8.45. The molecule has 8 heteroatoms. The van der Waals surface area contributed by atoms with Gasteiger partial charge in [0.05, 0.1) is 20.1 Å². The molecular formula is C24H30N4O4. The number of hydrogen-bond donors (Lipinski definition) is 0. The van der Waals surface area contributed by atoms with Crippen molar-refractivity contribution in [1.29, 1.82) is 0 Å². The van der Waals surface area contributed by atoms with Crippen LogP contribution in [0.4, 0.5) is 0 Å². The monoisotopic (exact) mass is 438 g/mol. The Kier molecular flexibility index (Phi) is 6.60. The van der Waals surface area contributed by atoms with Gasteiger partial charge < -0.3 is 19.3 Å². The first kappa shape index (κ1) is 22.1. The van der Waals surface area contributed by atoms with Crippen molar-refractivity contribution in [3.63, 3.8) is 0 Å². The molecule has 1 aromatic heterocycles. The van der Waals surface area contributed by atoms with Crippen molar-refractivity contribution in [3.05, 3.63) is 53.9 Å². The topological polar surface area (TPSA) is 75.2 Å². The molecule has 2 fully saturated rings. The predicted molar refractivity (Wildman–Crippen MR) is 119 cm³/mol. The lowest BCUT2D eigenvalue weighted by molar-refractivity contribution is -0.138. The SMILES string of the molecule is COc1ccc(CN2CC[C@@H]3[C@H](C2)C(=O)N(Cc2cccnc2)CC(=O)N3C)cc1OC. The van der Waals surface area contributed by atoms with Crippen molar-refractivity contribution < 1.29 is 19.1 Å². The van der Waals surface area contributed by atoms with Crippen molar-refractivity contribution >= 4 is 11.8 Å². The number of nitrogens with zero attached hydrogens (tertiary/aromatic N) is 4. The molecule has 2 saturated heterocycles. The van der Waals surface area contributed by atoms with Crippen molar-refractivity contribution in [2.45, 2.75) is 25.6 Å². The molecule has 0 aliphatic carbocycles. The zero-order chi connectivity index (χ0) is 22.7. The van der Waals surface area contributed by atoms with Gasteiger partial charge in [-0.25, -0.2) is 0 Å². The Morgan fingerprint density at radius 3 is 2.59 bits per heavy atom. The molecule has 0 spiro atoms. The number of piperidine rings is 1. The number of likely N-dealkylation sites (N-methyl/N-ethyl adjacent to an activating group) is 1. The summed E-state index contributed by atoms with van der Waals surface area (Å²) in [5, 5.41) is 0. The summed E-state index contributed by atoms with van der Waals surface area (Å²) in [7, 11) is 5.07. The van der Waals surface area contributed by atoms with Gasteiger partial charge in [0.15, 0.2) is 11.5 Å². The van der Waals surface area contributed by atoms with Gasteiger partial charge in [-0.15, -0.1) is 0 Å². The number of fused-ring (bicyclic) bond motifs is 1. The number of pyridine rings is 1. The first-order chi connectivity index (χ1) is 15.5. The zero-order valence-corrected chi connectivity index (χ0v) is 18.9. The summed E-state index contributed by atoms with van der Waals surface area (Å²) in [5.74, 6) is 1.16. The molecule has 2 aliphatic rings. The largest absolute Gasteiger partial charge is 0.493 e. The Morgan fingerprint density at radius 1 is 1.06 bits per heavy atom. The van der Waals surface area contributed by atoms with Crippen LogP contribution in [0.5, 0.6) is 11.5 Å². The fourth-order valence-corrected chi connectivity index (χ4v) is 4.71. The number of rotatable bonds is 6. The van der Waals surface area contributed by atoms with E-state index in [9.17, 15) is 9.59 Å². The van der Waals surface area contributed by atoms with Crippen molar-refractivity contribution in [3.8, 4) is 11.5 Å². The maximum Gasteiger partial charge on any atom is 0.242 e. The Labute approximate surface area is 188 Å². The fourth-order valence-electron chi connectivity index (χ4n) is 4.71. The van der Waals surface area contributed by atoms with Crippen LogP contribution in [0.2, 0.25) is 0 Å². The summed E-state index contributed by atoms with van der Waals surface area (Å²) in [6.07, 6.45) is 4.22. The summed E-state index contributed by atoms with van der Waals surface area (Å²) in [4.78, 5) is 36.2. The number of methoxy groups -OCH3 is 2. The van der Waals surface area contributed by atoms with Crippen LogP contribution in [-0.2, 0) is 22.7 Å². The van der Waals surface area contributed by atoms with Crippen molar-refractivity contribution in [2.24, 2.45) is 5.92 Å². The Balaban J connectivity index is 1.51. The lowest BCUT2D eigenvalue weighted by Crippen LogP contribution is -2.53. The molecule has 2 atom stereocenters. The Morgan fingerprint density at radius 2 is 1.88 bits per heavy atom. The second-order valence-corrected chi connectivity index (χ2v) is 8.45. The third-order valence-electron chi connectivity index (χ3n) is 6.46. The zero-order valence-electron chi connectivity index (χ0n) is 18.9. The maximum atomic E-state index is 13.5. The van der Waals surface area contributed by atoms with E-state index in [0.717, 1.165) is 24.1 Å². The normalized spacial score (nSPS) is 21.8. The third-order valence-corrected chi connectivity index (χ3v) is 6.46. The van der Waals surface area contributed by atoms with Crippen LogP contribution in [-0.4, -0.2) is 78.4 Å². The standard InChI is InChI=1S/C24H30N4O4/c1-26-20-8-10-27(13-17-6-7-21(31-2)22(11-17)32-3)15-19(20)24(30)28(16-23(26)29)14-18-5-4-9-25-12-18/h4-7,9,11-12,19-20H,8,10,13-16H2,1-3H3/t19-,20+/m0/s1. The molecule has 2 aromatic rings. The molecule has 32 heavy (non-hydrogen) atoms. The van der Waals surface area contributed by atoms with E-state index >= 15 is 0 Å². The highest BCUT2D eigenvalue weighted by Gasteiger charge is 2.43. The fraction of sp³-hybridized carbons (Fsp3) is 0.458. The number of hydrogen-bond acceptors (Lipinski definition) is 6. The number of amides is 2. The number of likely N-dealkylation sites (tertiary alicyclic amines) is 1. The number of carbonyl (C=O) groups is 2. The molecule has 8 nitrogen and oxygen atoms in total. The summed E-state index contributed by atoms with van der Waals surface area (Å²) in [5.41, 5.74) is 2.02. The highest BCUT2D eigenvalue weighted by molar-refractivity contribution is 5.89. The third kappa shape index (κ3) is 4.55. The average molecular weight is 439 g/mol. The summed E-state index contributed by atoms with van der Waals surface area (Å²) in [6.45, 7) is 2.64. The molecule has 2 aliphatic heterocycles. The molecule has 3 heterocycles. The number of ether oxygens (including phenoxy) is 2. The quantitative estimate of drug-likeness (QED) is 0.685. The van der Waals surface area contributed by atoms with Crippen LogP contribution in [0.3, 0.4) is 0 Å². The van der Waals surface area contributed by atoms with E-state index in [-0.39, 0.29) is 30.3 Å². The van der Waals surface area contributed by atoms with Crippen LogP contribution in [0.15, 0.2) is 42.7 Å². The molecule has 0 bridgehead atoms. The van der Waals surface area contributed by atoms with E-state index in [1.54, 1.807) is 36.4 Å². The van der Waals surface area contributed by atoms with Crippen LogP contribution < -0.4 is 9.47 Å². The van der Waals surface area contributed by atoms with E-state index in [2.05, 4.69) is 9.88 Å². The van der Waals surface area contributed by atoms with Gasteiger partial charge in [-0.2, -0.15) is 0 Å². The first-order valence-electron chi connectivity index (χ1n) is 10.9. The summed E-state index contributed by atoms with van der Waals surface area (Å²) < 4.78 is 10.8. The first-order valence-corrected chi connectivity index (χ1v) is 10.9. The lowest BCUT2D eigenvalue weighted by Gasteiger charge is -2.40. The van der Waals surface area contributed by atoms with Gasteiger partial charge in [-0.1, -0.05) is 12.1 Å². The molecular weight excluding hydrogens is 408 g/mol. The summed E-state index contributed by atoms with van der Waals surface area (Å²) in [6, 6.07) is 9.60. The van der Waals surface area contributed by atoms with E-state index in [4.69, 9.17) is 9.47 Å². The number of carbonyl (C=O) groups excluding carboxylic acids is 2. The second kappa shape index (κ2) is 9.56. The van der Waals surface area contributed by atoms with Gasteiger partial charge in [0.25, 0.3) is 0 Å². The van der Waals surface area contributed by atoms with Gasteiger partial charge in [0.1, 0.15) is 6.54 Å². The molecule has 2 amide bonds. The lowest BCUT2D eigenvalue weighted by atomic mass is 9.90. The van der Waals surface area contributed by atoms with Crippen LogP contribution in [0.1, 0.15) is 17.5 Å². The average Bonchev–Trinajstić information content (AvgIpc) is 2.90. The molecule has 0 N–H and O–H groups in total. The number of benzene rings is 1. The van der Waals surface area contributed by atoms with Gasteiger partial charge in [-0.3, -0.25) is 19.5 Å².